The summed E-state index contributed by atoms with van der Waals surface area (Å²) in [5.41, 5.74) is 0. The smallest absolute Gasteiger partial charge is 0.379 e. The molecule has 15 heavy (non-hydrogen) atoms. The number of hydrogen-bond acceptors (Lipinski definition) is 4. The zero-order valence-electron chi connectivity index (χ0n) is 7.88. The first-order valence-corrected chi connectivity index (χ1v) is 5.66. The Kier molecular flexibility index (Phi) is 3.11. The highest BCUT2D eigenvalue weighted by Gasteiger charge is 2.34. The van der Waals surface area contributed by atoms with Gasteiger partial charge in [0.2, 0.25) is 0 Å². The fourth-order valence-electron chi connectivity index (χ4n) is 1.67. The number of rotatable bonds is 0. The van der Waals surface area contributed by atoms with Gasteiger partial charge in [0, 0.05) is 12.4 Å². The van der Waals surface area contributed by atoms with Crippen molar-refractivity contribution < 1.29 is 17.9 Å². The summed E-state index contributed by atoms with van der Waals surface area (Å²) < 4.78 is 41.3. The molecule has 0 radical (unpaired) electrons. The predicted octanol–water partition coefficient (Wildman–Crippen LogP) is 1.60. The molecule has 1 N–H and O–H groups in total. The maximum absolute atomic E-state index is 12.0. The second kappa shape index (κ2) is 4.21. The minimum Gasteiger partial charge on any atom is -0.379 e. The second-order valence-electron chi connectivity index (χ2n) is 3.56. The van der Waals surface area contributed by atoms with Crippen LogP contribution in [0, 0.1) is 5.92 Å². The van der Waals surface area contributed by atoms with Crippen molar-refractivity contribution >= 4 is 16.9 Å². The van der Waals surface area contributed by atoms with E-state index in [2.05, 4.69) is 4.99 Å². The van der Waals surface area contributed by atoms with E-state index < -0.39 is 6.30 Å². The minimum absolute atomic E-state index is 0.0331. The Bertz CT molecular complexity index is 269. The molecule has 7 heteroatoms. The van der Waals surface area contributed by atoms with Crippen LogP contribution in [0.4, 0.5) is 13.2 Å². The van der Waals surface area contributed by atoms with Crippen molar-refractivity contribution in [2.24, 2.45) is 10.9 Å². The average molecular weight is 240 g/mol. The average Bonchev–Trinajstić information content (AvgIpc) is 2.15. The van der Waals surface area contributed by atoms with Gasteiger partial charge in [-0.15, -0.1) is 0 Å². The van der Waals surface area contributed by atoms with Gasteiger partial charge in [0.25, 0.3) is 0 Å². The Morgan fingerprint density at radius 2 is 2.27 bits per heavy atom. The van der Waals surface area contributed by atoms with Gasteiger partial charge in [-0.2, -0.15) is 13.2 Å². The van der Waals surface area contributed by atoms with Crippen LogP contribution in [-0.2, 0) is 4.74 Å². The van der Waals surface area contributed by atoms with E-state index in [1.165, 1.54) is 5.32 Å². The van der Waals surface area contributed by atoms with Crippen LogP contribution in [0.3, 0.4) is 0 Å². The molecule has 0 aliphatic carbocycles. The lowest BCUT2D eigenvalue weighted by Crippen LogP contribution is -2.42. The standard InChI is InChI=1S/C8H11F3N2OS/c9-8(10,11)13-7-12-6-3-14-2-1-5(6)4-15-7/h5-6H,1-4H2,(H,12,13). The predicted molar refractivity (Wildman–Crippen MR) is 51.8 cm³/mol. The molecular weight excluding hydrogens is 229 g/mol. The number of nitrogens with zero attached hydrogens (tertiary/aromatic N) is 1. The number of thioether (sulfide) groups is 1. The van der Waals surface area contributed by atoms with Gasteiger partial charge in [-0.25, -0.2) is 0 Å². The number of ether oxygens (including phenoxy) is 1. The lowest BCUT2D eigenvalue weighted by Gasteiger charge is -2.32. The Hall–Kier alpha value is -0.430. The highest BCUT2D eigenvalue weighted by atomic mass is 32.2. The monoisotopic (exact) mass is 240 g/mol. The molecule has 2 aliphatic heterocycles. The third-order valence-corrected chi connectivity index (χ3v) is 3.51. The molecule has 2 atom stereocenters. The van der Waals surface area contributed by atoms with Crippen LogP contribution < -0.4 is 5.32 Å². The summed E-state index contributed by atoms with van der Waals surface area (Å²) >= 11 is 1.14. The van der Waals surface area contributed by atoms with Crippen LogP contribution in [-0.4, -0.2) is 36.5 Å². The van der Waals surface area contributed by atoms with Gasteiger partial charge in [-0.1, -0.05) is 11.8 Å². The number of aliphatic imine (C=N–C) groups is 1. The Morgan fingerprint density at radius 3 is 3.00 bits per heavy atom. The highest BCUT2D eigenvalue weighted by Crippen LogP contribution is 2.29. The van der Waals surface area contributed by atoms with Crippen LogP contribution in [0.15, 0.2) is 4.99 Å². The van der Waals surface area contributed by atoms with Crippen molar-refractivity contribution in [2.75, 3.05) is 19.0 Å². The summed E-state index contributed by atoms with van der Waals surface area (Å²) in [5.74, 6) is 1.05. The number of halogens is 3. The number of nitrogens with one attached hydrogen (secondary N) is 1. The summed E-state index contributed by atoms with van der Waals surface area (Å²) in [6, 6.07) is -0.107. The molecule has 1 fully saturated rings. The third-order valence-electron chi connectivity index (χ3n) is 2.43. The first-order chi connectivity index (χ1) is 7.04. The lowest BCUT2D eigenvalue weighted by atomic mass is 9.97. The molecule has 0 saturated carbocycles. The summed E-state index contributed by atoms with van der Waals surface area (Å²) in [6.45, 7) is 1.13. The topological polar surface area (TPSA) is 33.6 Å². The van der Waals surface area contributed by atoms with Crippen LogP contribution >= 0.6 is 11.8 Å². The van der Waals surface area contributed by atoms with E-state index >= 15 is 0 Å². The molecule has 2 aliphatic rings. The van der Waals surface area contributed by atoms with E-state index in [1.807, 2.05) is 0 Å². The maximum Gasteiger partial charge on any atom is 0.483 e. The number of amidine groups is 1. The Balaban J connectivity index is 1.99. The molecule has 1 saturated heterocycles. The number of alkyl halides is 3. The molecule has 0 aromatic rings. The zero-order valence-corrected chi connectivity index (χ0v) is 8.70. The molecule has 2 heterocycles. The van der Waals surface area contributed by atoms with E-state index in [0.29, 0.717) is 24.9 Å². The van der Waals surface area contributed by atoms with Crippen molar-refractivity contribution in [3.63, 3.8) is 0 Å². The van der Waals surface area contributed by atoms with E-state index in [9.17, 15) is 13.2 Å². The van der Waals surface area contributed by atoms with Crippen molar-refractivity contribution in [3.05, 3.63) is 0 Å². The molecule has 0 amide bonds. The molecule has 3 nitrogen and oxygen atoms in total. The first-order valence-electron chi connectivity index (χ1n) is 4.68. The summed E-state index contributed by atoms with van der Waals surface area (Å²) in [6.07, 6.45) is -3.51. The molecule has 86 valence electrons. The first kappa shape index (κ1) is 11.1. The quantitative estimate of drug-likeness (QED) is 0.653. The number of hydrogen-bond donors (Lipinski definition) is 1. The molecule has 0 aromatic carbocycles. The fourth-order valence-corrected chi connectivity index (χ4v) is 2.83. The largest absolute Gasteiger partial charge is 0.483 e. The molecule has 0 spiro atoms. The van der Waals surface area contributed by atoms with Crippen molar-refractivity contribution in [1.82, 2.24) is 5.32 Å². The molecule has 2 rings (SSSR count). The normalized spacial score (nSPS) is 31.8. The lowest BCUT2D eigenvalue weighted by molar-refractivity contribution is -0.141. The van der Waals surface area contributed by atoms with Crippen molar-refractivity contribution in [1.29, 1.82) is 0 Å². The Labute approximate surface area is 89.5 Å². The van der Waals surface area contributed by atoms with Crippen molar-refractivity contribution in [2.45, 2.75) is 18.8 Å². The summed E-state index contributed by atoms with van der Waals surface area (Å²) in [7, 11) is 0. The Morgan fingerprint density at radius 1 is 1.47 bits per heavy atom. The third kappa shape index (κ3) is 3.01. The number of fused-ring (bicyclic) bond motifs is 1. The molecule has 2 unspecified atom stereocenters. The van der Waals surface area contributed by atoms with Gasteiger partial charge in [0.05, 0.1) is 12.6 Å². The summed E-state index contributed by atoms with van der Waals surface area (Å²) in [4.78, 5) is 4.01. The molecular formula is C8H11F3N2OS. The molecule has 0 aromatic heterocycles. The van der Waals surface area contributed by atoms with Crippen LogP contribution in [0.5, 0.6) is 0 Å². The second-order valence-corrected chi connectivity index (χ2v) is 4.57. The maximum atomic E-state index is 12.0. The van der Waals surface area contributed by atoms with Crippen LogP contribution in [0.25, 0.3) is 0 Å². The van der Waals surface area contributed by atoms with Gasteiger partial charge in [0.15, 0.2) is 5.17 Å². The minimum atomic E-state index is -4.39. The van der Waals surface area contributed by atoms with E-state index in [4.69, 9.17) is 4.74 Å². The highest BCUT2D eigenvalue weighted by molar-refractivity contribution is 8.13. The van der Waals surface area contributed by atoms with Crippen LogP contribution in [0.1, 0.15) is 6.42 Å². The molecule has 0 bridgehead atoms. The van der Waals surface area contributed by atoms with Gasteiger partial charge in [0.1, 0.15) is 0 Å². The van der Waals surface area contributed by atoms with Gasteiger partial charge >= 0.3 is 6.30 Å². The van der Waals surface area contributed by atoms with E-state index in [-0.39, 0.29) is 11.2 Å². The van der Waals surface area contributed by atoms with Gasteiger partial charge in [-0.3, -0.25) is 10.3 Å². The van der Waals surface area contributed by atoms with Gasteiger partial charge < -0.3 is 4.74 Å². The fraction of sp³-hybridized carbons (Fsp3) is 0.875. The summed E-state index contributed by atoms with van der Waals surface area (Å²) in [5, 5.41) is 1.42. The van der Waals surface area contributed by atoms with E-state index in [1.54, 1.807) is 0 Å². The van der Waals surface area contributed by atoms with Crippen molar-refractivity contribution in [3.8, 4) is 0 Å². The zero-order chi connectivity index (χ0) is 10.9. The van der Waals surface area contributed by atoms with E-state index in [0.717, 1.165) is 18.2 Å². The SMILES string of the molecule is FC(F)(F)NC1=NC2COCCC2CS1. The van der Waals surface area contributed by atoms with Crippen LogP contribution in [0.2, 0.25) is 0 Å². The van der Waals surface area contributed by atoms with Gasteiger partial charge in [-0.05, 0) is 12.3 Å².